The number of ether oxygens (including phenoxy) is 1. The summed E-state index contributed by atoms with van der Waals surface area (Å²) in [5.74, 6) is -0.590. The molecule has 1 aromatic rings. The van der Waals surface area contributed by atoms with Crippen LogP contribution in [0.5, 0.6) is 5.75 Å². The topological polar surface area (TPSA) is 45.7 Å². The summed E-state index contributed by atoms with van der Waals surface area (Å²) in [4.78, 5) is 4.05. The smallest absolute Gasteiger partial charge is 0.191 e. The first-order valence-corrected chi connectivity index (χ1v) is 6.69. The minimum atomic E-state index is -0.699. The second kappa shape index (κ2) is 9.12. The van der Waals surface area contributed by atoms with Gasteiger partial charge in [-0.3, -0.25) is 4.99 Å². The second-order valence-corrected chi connectivity index (χ2v) is 4.20. The molecule has 0 aliphatic rings. The van der Waals surface area contributed by atoms with E-state index in [9.17, 15) is 8.78 Å². The molecule has 0 radical (unpaired) electrons. The van der Waals surface area contributed by atoms with Crippen molar-refractivity contribution in [2.45, 2.75) is 19.8 Å². The van der Waals surface area contributed by atoms with Crippen LogP contribution in [0, 0.1) is 11.6 Å². The number of unbranched alkanes of at least 4 members (excludes halogenated alkanes) is 1. The fourth-order valence-corrected chi connectivity index (χ4v) is 1.53. The van der Waals surface area contributed by atoms with Crippen molar-refractivity contribution in [3.63, 3.8) is 0 Å². The summed E-state index contributed by atoms with van der Waals surface area (Å²) >= 11 is 0. The second-order valence-electron chi connectivity index (χ2n) is 4.20. The Kier molecular flexibility index (Phi) is 7.39. The quantitative estimate of drug-likeness (QED) is 0.459. The fourth-order valence-electron chi connectivity index (χ4n) is 1.53. The van der Waals surface area contributed by atoms with Gasteiger partial charge in [0.1, 0.15) is 12.4 Å². The van der Waals surface area contributed by atoms with Gasteiger partial charge in [0.2, 0.25) is 0 Å². The molecule has 0 atom stereocenters. The van der Waals surface area contributed by atoms with Gasteiger partial charge < -0.3 is 15.4 Å². The summed E-state index contributed by atoms with van der Waals surface area (Å²) in [7, 11) is 1.68. The molecule has 4 nitrogen and oxygen atoms in total. The van der Waals surface area contributed by atoms with E-state index in [4.69, 9.17) is 4.74 Å². The van der Waals surface area contributed by atoms with Gasteiger partial charge in [0.15, 0.2) is 17.5 Å². The molecular weight excluding hydrogens is 264 g/mol. The predicted octanol–water partition coefficient (Wildman–Crippen LogP) is 2.31. The van der Waals surface area contributed by atoms with Crippen LogP contribution in [0.1, 0.15) is 19.8 Å². The summed E-state index contributed by atoms with van der Waals surface area (Å²) in [6.45, 7) is 3.70. The van der Waals surface area contributed by atoms with Crippen LogP contribution in [-0.2, 0) is 0 Å². The molecule has 0 aliphatic heterocycles. The van der Waals surface area contributed by atoms with E-state index < -0.39 is 11.6 Å². The Labute approximate surface area is 118 Å². The van der Waals surface area contributed by atoms with Gasteiger partial charge in [0.25, 0.3) is 0 Å². The standard InChI is InChI=1S/C14H21F2N3O/c1-3-4-7-18-14(17-2)19-8-9-20-13-6-5-11(15)10-12(13)16/h5-6,10H,3-4,7-9H2,1-2H3,(H2,17,18,19). The van der Waals surface area contributed by atoms with Crippen molar-refractivity contribution < 1.29 is 13.5 Å². The van der Waals surface area contributed by atoms with Crippen molar-refractivity contribution in [2.24, 2.45) is 4.99 Å². The van der Waals surface area contributed by atoms with Crippen molar-refractivity contribution in [3.05, 3.63) is 29.8 Å². The molecule has 2 N–H and O–H groups in total. The summed E-state index contributed by atoms with van der Waals surface area (Å²) < 4.78 is 31.2. The monoisotopic (exact) mass is 285 g/mol. The van der Waals surface area contributed by atoms with E-state index in [1.54, 1.807) is 7.05 Å². The normalized spacial score (nSPS) is 11.3. The molecule has 0 heterocycles. The molecule has 6 heteroatoms. The molecule has 1 rings (SSSR count). The Hall–Kier alpha value is -1.85. The minimum Gasteiger partial charge on any atom is -0.489 e. The highest BCUT2D eigenvalue weighted by molar-refractivity contribution is 5.79. The number of nitrogens with one attached hydrogen (secondary N) is 2. The summed E-state index contributed by atoms with van der Waals surface area (Å²) in [6, 6.07) is 3.24. The lowest BCUT2D eigenvalue weighted by atomic mass is 10.3. The average Bonchev–Trinajstić information content (AvgIpc) is 2.43. The highest BCUT2D eigenvalue weighted by atomic mass is 19.1. The minimum absolute atomic E-state index is 0.0436. The van der Waals surface area contributed by atoms with Gasteiger partial charge in [-0.2, -0.15) is 0 Å². The third-order valence-electron chi connectivity index (χ3n) is 2.59. The molecule has 20 heavy (non-hydrogen) atoms. The van der Waals surface area contributed by atoms with Crippen molar-refractivity contribution in [1.29, 1.82) is 0 Å². The third kappa shape index (κ3) is 5.86. The van der Waals surface area contributed by atoms with Crippen molar-refractivity contribution in [1.82, 2.24) is 10.6 Å². The maximum Gasteiger partial charge on any atom is 0.191 e. The van der Waals surface area contributed by atoms with Crippen LogP contribution in [0.2, 0.25) is 0 Å². The number of halogens is 2. The Morgan fingerprint density at radius 1 is 1.25 bits per heavy atom. The number of guanidine groups is 1. The molecule has 0 aliphatic carbocycles. The van der Waals surface area contributed by atoms with Crippen molar-refractivity contribution in [2.75, 3.05) is 26.7 Å². The van der Waals surface area contributed by atoms with E-state index in [1.807, 2.05) is 0 Å². The average molecular weight is 285 g/mol. The maximum absolute atomic E-state index is 13.3. The van der Waals surface area contributed by atoms with Gasteiger partial charge in [-0.25, -0.2) is 8.78 Å². The number of benzene rings is 1. The van der Waals surface area contributed by atoms with Crippen LogP contribution in [-0.4, -0.2) is 32.7 Å². The lowest BCUT2D eigenvalue weighted by molar-refractivity contribution is 0.304. The zero-order chi connectivity index (χ0) is 14.8. The van der Waals surface area contributed by atoms with Gasteiger partial charge in [-0.05, 0) is 18.6 Å². The van der Waals surface area contributed by atoms with Crippen LogP contribution in [0.25, 0.3) is 0 Å². The van der Waals surface area contributed by atoms with E-state index in [1.165, 1.54) is 6.07 Å². The van der Waals surface area contributed by atoms with Gasteiger partial charge >= 0.3 is 0 Å². The zero-order valence-corrected chi connectivity index (χ0v) is 11.9. The van der Waals surface area contributed by atoms with Gasteiger partial charge in [0, 0.05) is 19.7 Å². The fraction of sp³-hybridized carbons (Fsp3) is 0.500. The van der Waals surface area contributed by atoms with E-state index in [0.29, 0.717) is 12.5 Å². The molecule has 0 fully saturated rings. The Bertz CT molecular complexity index is 438. The van der Waals surface area contributed by atoms with E-state index in [-0.39, 0.29) is 12.4 Å². The Morgan fingerprint density at radius 2 is 2.00 bits per heavy atom. The Morgan fingerprint density at radius 3 is 2.65 bits per heavy atom. The number of nitrogens with zero attached hydrogens (tertiary/aromatic N) is 1. The first-order chi connectivity index (χ1) is 9.67. The SMILES string of the molecule is CCCCNC(=NC)NCCOc1ccc(F)cc1F. The molecule has 1 aromatic carbocycles. The van der Waals surface area contributed by atoms with E-state index in [2.05, 4.69) is 22.5 Å². The molecular formula is C14H21F2N3O. The molecule has 0 saturated carbocycles. The molecule has 0 aromatic heterocycles. The van der Waals surface area contributed by atoms with Crippen molar-refractivity contribution in [3.8, 4) is 5.75 Å². The molecule has 0 unspecified atom stereocenters. The van der Waals surface area contributed by atoms with Crippen molar-refractivity contribution >= 4 is 5.96 Å². The molecule has 112 valence electrons. The highest BCUT2D eigenvalue weighted by Gasteiger charge is 2.04. The first-order valence-electron chi connectivity index (χ1n) is 6.69. The first kappa shape index (κ1) is 16.2. The lowest BCUT2D eigenvalue weighted by Crippen LogP contribution is -2.39. The van der Waals surface area contributed by atoms with Gasteiger partial charge in [0.05, 0.1) is 6.54 Å². The van der Waals surface area contributed by atoms with E-state index in [0.717, 1.165) is 31.5 Å². The highest BCUT2D eigenvalue weighted by Crippen LogP contribution is 2.17. The van der Waals surface area contributed by atoms with Gasteiger partial charge in [-0.1, -0.05) is 13.3 Å². The van der Waals surface area contributed by atoms with Crippen LogP contribution in [0.15, 0.2) is 23.2 Å². The summed E-state index contributed by atoms with van der Waals surface area (Å²) in [5.41, 5.74) is 0. The lowest BCUT2D eigenvalue weighted by Gasteiger charge is -2.12. The van der Waals surface area contributed by atoms with Crippen LogP contribution in [0.4, 0.5) is 8.78 Å². The zero-order valence-electron chi connectivity index (χ0n) is 11.9. The maximum atomic E-state index is 13.3. The van der Waals surface area contributed by atoms with Crippen LogP contribution in [0.3, 0.4) is 0 Å². The van der Waals surface area contributed by atoms with Crippen LogP contribution < -0.4 is 15.4 Å². The summed E-state index contributed by atoms with van der Waals surface area (Å²) in [6.07, 6.45) is 2.18. The molecule has 0 saturated heterocycles. The number of hydrogen-bond acceptors (Lipinski definition) is 2. The molecule has 0 amide bonds. The number of hydrogen-bond donors (Lipinski definition) is 2. The van der Waals surface area contributed by atoms with Gasteiger partial charge in [-0.15, -0.1) is 0 Å². The number of aliphatic imine (C=N–C) groups is 1. The number of rotatable bonds is 7. The molecule has 0 spiro atoms. The molecule has 0 bridgehead atoms. The third-order valence-corrected chi connectivity index (χ3v) is 2.59. The largest absolute Gasteiger partial charge is 0.489 e. The summed E-state index contributed by atoms with van der Waals surface area (Å²) in [5, 5.41) is 6.19. The van der Waals surface area contributed by atoms with E-state index >= 15 is 0 Å². The predicted molar refractivity (Wildman–Crippen MR) is 76.1 cm³/mol. The Balaban J connectivity index is 2.26. The van der Waals surface area contributed by atoms with Crippen LogP contribution >= 0.6 is 0 Å².